The van der Waals surface area contributed by atoms with Crippen LogP contribution < -0.4 is 0 Å². The van der Waals surface area contributed by atoms with Crippen molar-refractivity contribution in [3.8, 4) is 17.1 Å². The van der Waals surface area contributed by atoms with E-state index in [1.54, 1.807) is 0 Å². The molecule has 1 amide bonds. The molecule has 2 heterocycles. The third kappa shape index (κ3) is 3.35. The van der Waals surface area contributed by atoms with Crippen molar-refractivity contribution >= 4 is 11.6 Å². The van der Waals surface area contributed by atoms with Gasteiger partial charge in [-0.3, -0.25) is 4.79 Å². The highest BCUT2D eigenvalue weighted by Gasteiger charge is 2.39. The molecule has 0 unspecified atom stereocenters. The van der Waals surface area contributed by atoms with E-state index in [1.165, 1.54) is 0 Å². The third-order valence-corrected chi connectivity index (χ3v) is 4.70. The second-order valence-corrected chi connectivity index (χ2v) is 6.60. The average Bonchev–Trinajstić information content (AvgIpc) is 3.19. The number of carbonyl (C=O) groups excluding carboxylic acids is 1. The lowest BCUT2D eigenvalue weighted by atomic mass is 9.98. The molecular formula is C20H9F7N2O2. The van der Waals surface area contributed by atoms with Gasteiger partial charge >= 0.3 is 12.4 Å². The molecular weight excluding hydrogens is 433 g/mol. The van der Waals surface area contributed by atoms with E-state index in [9.17, 15) is 40.6 Å². The summed E-state index contributed by atoms with van der Waals surface area (Å²) in [5, 5.41) is 10.3. The number of aromatic hydroxyl groups is 1. The predicted molar refractivity (Wildman–Crippen MR) is 94.3 cm³/mol. The van der Waals surface area contributed by atoms with Gasteiger partial charge in [0, 0.05) is 5.56 Å². The van der Waals surface area contributed by atoms with Crippen LogP contribution in [0.25, 0.3) is 11.3 Å². The van der Waals surface area contributed by atoms with Crippen molar-refractivity contribution < 1.29 is 40.6 Å². The van der Waals surface area contributed by atoms with E-state index in [1.807, 2.05) is 0 Å². The number of rotatable bonds is 2. The summed E-state index contributed by atoms with van der Waals surface area (Å²) in [7, 11) is 0. The maximum atomic E-state index is 14.5. The fourth-order valence-corrected chi connectivity index (χ4v) is 3.32. The van der Waals surface area contributed by atoms with Gasteiger partial charge in [-0.25, -0.2) is 9.38 Å². The first-order valence-electron chi connectivity index (χ1n) is 8.51. The standard InChI is InChI=1S/C20H9F7N2O2/c21-14-10(2-1-3-11(14)20(25,26)27)16-13-12(17(30)29-16)15(28-18(13)31)8-4-6-9(7-5-8)19(22,23)24/h1-7,28,31H. The first-order valence-corrected chi connectivity index (χ1v) is 8.51. The number of carbonyl (C=O) groups is 1. The number of aromatic nitrogens is 1. The van der Waals surface area contributed by atoms with Crippen molar-refractivity contribution in [1.29, 1.82) is 0 Å². The van der Waals surface area contributed by atoms with Crippen molar-refractivity contribution in [3.05, 3.63) is 76.1 Å². The molecule has 2 N–H and O–H groups in total. The molecule has 11 heteroatoms. The van der Waals surface area contributed by atoms with Gasteiger partial charge in [0.2, 0.25) is 0 Å². The van der Waals surface area contributed by atoms with Crippen LogP contribution in [0.1, 0.15) is 32.6 Å². The highest BCUT2D eigenvalue weighted by molar-refractivity contribution is 6.30. The van der Waals surface area contributed by atoms with E-state index in [-0.39, 0.29) is 22.4 Å². The number of amides is 1. The van der Waals surface area contributed by atoms with Gasteiger partial charge in [0.15, 0.2) is 5.88 Å². The SMILES string of the molecule is O=C1N=C(c2cccc(C(F)(F)F)c2F)c2c(O)[nH]c(-c3ccc(C(F)(F)F)cc3)c21. The van der Waals surface area contributed by atoms with E-state index in [2.05, 4.69) is 9.98 Å². The smallest absolute Gasteiger partial charge is 0.419 e. The van der Waals surface area contributed by atoms with Crippen molar-refractivity contribution in [2.45, 2.75) is 12.4 Å². The monoisotopic (exact) mass is 442 g/mol. The van der Waals surface area contributed by atoms with Crippen LogP contribution in [0.2, 0.25) is 0 Å². The molecule has 4 rings (SSSR count). The molecule has 0 spiro atoms. The van der Waals surface area contributed by atoms with Gasteiger partial charge in [0.05, 0.1) is 33.7 Å². The van der Waals surface area contributed by atoms with E-state index in [4.69, 9.17) is 0 Å². The summed E-state index contributed by atoms with van der Waals surface area (Å²) in [6.07, 6.45) is -9.59. The summed E-state index contributed by atoms with van der Waals surface area (Å²) in [4.78, 5) is 18.4. The molecule has 0 fully saturated rings. The molecule has 160 valence electrons. The zero-order valence-electron chi connectivity index (χ0n) is 15.0. The van der Waals surface area contributed by atoms with Gasteiger partial charge in [0.1, 0.15) is 5.82 Å². The number of hydrogen-bond acceptors (Lipinski definition) is 2. The van der Waals surface area contributed by atoms with Gasteiger partial charge in [-0.05, 0) is 29.8 Å². The minimum atomic E-state index is -5.00. The van der Waals surface area contributed by atoms with Crippen LogP contribution in [-0.2, 0) is 12.4 Å². The largest absolute Gasteiger partial charge is 0.494 e. The molecule has 0 bridgehead atoms. The number of fused-ring (bicyclic) bond motifs is 1. The Balaban J connectivity index is 1.83. The molecule has 2 aromatic carbocycles. The number of nitrogens with one attached hydrogen (secondary N) is 1. The Morgan fingerprint density at radius 2 is 1.52 bits per heavy atom. The molecule has 1 aliphatic rings. The number of H-pyrrole nitrogens is 1. The second-order valence-electron chi connectivity index (χ2n) is 6.60. The molecule has 0 saturated heterocycles. The predicted octanol–water partition coefficient (Wildman–Crippen LogP) is 5.56. The van der Waals surface area contributed by atoms with Crippen molar-refractivity contribution in [2.24, 2.45) is 4.99 Å². The summed E-state index contributed by atoms with van der Waals surface area (Å²) in [6, 6.07) is 6.01. The van der Waals surface area contributed by atoms with Crippen LogP contribution in [0.15, 0.2) is 47.5 Å². The number of aromatic amines is 1. The molecule has 4 nitrogen and oxygen atoms in total. The van der Waals surface area contributed by atoms with Crippen molar-refractivity contribution in [3.63, 3.8) is 0 Å². The Kier molecular flexibility index (Phi) is 4.45. The van der Waals surface area contributed by atoms with Crippen LogP contribution in [0.3, 0.4) is 0 Å². The lowest BCUT2D eigenvalue weighted by Crippen LogP contribution is -2.12. The second kappa shape index (κ2) is 6.69. The molecule has 0 aliphatic carbocycles. The fourth-order valence-electron chi connectivity index (χ4n) is 3.32. The van der Waals surface area contributed by atoms with Crippen LogP contribution in [0.5, 0.6) is 5.88 Å². The van der Waals surface area contributed by atoms with E-state index in [0.717, 1.165) is 36.4 Å². The van der Waals surface area contributed by atoms with Crippen LogP contribution in [0.4, 0.5) is 30.7 Å². The third-order valence-electron chi connectivity index (χ3n) is 4.70. The minimum absolute atomic E-state index is 0.0823. The Bertz CT molecular complexity index is 1240. The number of hydrogen-bond donors (Lipinski definition) is 2. The lowest BCUT2D eigenvalue weighted by Gasteiger charge is -2.11. The summed E-state index contributed by atoms with van der Waals surface area (Å²) >= 11 is 0. The van der Waals surface area contributed by atoms with Gasteiger partial charge in [-0.15, -0.1) is 0 Å². The van der Waals surface area contributed by atoms with Crippen LogP contribution in [-0.4, -0.2) is 21.7 Å². The molecule has 0 atom stereocenters. The van der Waals surface area contributed by atoms with Gasteiger partial charge in [-0.1, -0.05) is 18.2 Å². The Morgan fingerprint density at radius 1 is 0.871 bits per heavy atom. The summed E-state index contributed by atoms with van der Waals surface area (Å²) in [5.41, 5.74) is -4.34. The zero-order chi connectivity index (χ0) is 22.7. The molecule has 3 aromatic rings. The number of alkyl halides is 6. The zero-order valence-corrected chi connectivity index (χ0v) is 15.0. The van der Waals surface area contributed by atoms with Crippen LogP contribution >= 0.6 is 0 Å². The highest BCUT2D eigenvalue weighted by atomic mass is 19.4. The Morgan fingerprint density at radius 3 is 2.10 bits per heavy atom. The molecule has 31 heavy (non-hydrogen) atoms. The highest BCUT2D eigenvalue weighted by Crippen LogP contribution is 2.40. The average molecular weight is 442 g/mol. The summed E-state index contributed by atoms with van der Waals surface area (Å²) in [5.74, 6) is -3.36. The molecule has 0 saturated carbocycles. The van der Waals surface area contributed by atoms with Gasteiger partial charge in [0.25, 0.3) is 5.91 Å². The number of nitrogens with zero attached hydrogens (tertiary/aromatic N) is 1. The van der Waals surface area contributed by atoms with E-state index >= 15 is 0 Å². The normalized spacial score (nSPS) is 14.0. The number of aliphatic imine (C=N–C) groups is 1. The molecule has 1 aliphatic heterocycles. The van der Waals surface area contributed by atoms with Crippen molar-refractivity contribution in [1.82, 2.24) is 4.98 Å². The summed E-state index contributed by atoms with van der Waals surface area (Å²) in [6.45, 7) is 0. The number of benzene rings is 2. The molecule has 0 radical (unpaired) electrons. The van der Waals surface area contributed by atoms with E-state index in [0.29, 0.717) is 6.07 Å². The Labute approximate surface area is 168 Å². The Hall–Kier alpha value is -3.63. The maximum absolute atomic E-state index is 14.5. The first kappa shape index (κ1) is 20.6. The fraction of sp³-hybridized carbons (Fsp3) is 0.100. The molecule has 1 aromatic heterocycles. The number of halogens is 7. The van der Waals surface area contributed by atoms with Gasteiger partial charge < -0.3 is 10.1 Å². The maximum Gasteiger partial charge on any atom is 0.419 e. The summed E-state index contributed by atoms with van der Waals surface area (Å²) < 4.78 is 91.9. The minimum Gasteiger partial charge on any atom is -0.494 e. The lowest BCUT2D eigenvalue weighted by molar-refractivity contribution is -0.140. The van der Waals surface area contributed by atoms with Crippen molar-refractivity contribution in [2.75, 3.05) is 0 Å². The topological polar surface area (TPSA) is 65.4 Å². The first-order chi connectivity index (χ1) is 14.4. The van der Waals surface area contributed by atoms with Crippen LogP contribution in [0, 0.1) is 5.82 Å². The quantitative estimate of drug-likeness (QED) is 0.511. The van der Waals surface area contributed by atoms with E-state index < -0.39 is 52.4 Å². The van der Waals surface area contributed by atoms with Gasteiger partial charge in [-0.2, -0.15) is 26.3 Å².